The highest BCUT2D eigenvalue weighted by atomic mass is 79.9. The smallest absolute Gasteiger partial charge is 0.417 e. The monoisotopic (exact) mass is 421 g/mol. The second-order valence-electron chi connectivity index (χ2n) is 4.69. The highest BCUT2D eigenvalue weighted by molar-refractivity contribution is 9.10. The van der Waals surface area contributed by atoms with Crippen molar-refractivity contribution in [3.05, 3.63) is 57.0 Å². The SMILES string of the molecule is CCOc1cccc(Br)c1C(=O)Nc1ccc(Cl)c(C(F)(F)F)c1. The molecule has 0 aliphatic rings. The number of ether oxygens (including phenoxy) is 1. The minimum atomic E-state index is -4.61. The summed E-state index contributed by atoms with van der Waals surface area (Å²) in [6.07, 6.45) is -4.61. The lowest BCUT2D eigenvalue weighted by atomic mass is 10.1. The van der Waals surface area contributed by atoms with Crippen molar-refractivity contribution in [1.82, 2.24) is 0 Å². The highest BCUT2D eigenvalue weighted by Crippen LogP contribution is 2.36. The molecule has 2 aromatic rings. The van der Waals surface area contributed by atoms with Gasteiger partial charge in [0.25, 0.3) is 5.91 Å². The quantitative estimate of drug-likeness (QED) is 0.679. The van der Waals surface area contributed by atoms with Gasteiger partial charge in [0.2, 0.25) is 0 Å². The number of carbonyl (C=O) groups is 1. The average Bonchev–Trinajstić information content (AvgIpc) is 2.48. The summed E-state index contributed by atoms with van der Waals surface area (Å²) >= 11 is 8.81. The zero-order valence-corrected chi connectivity index (χ0v) is 14.7. The van der Waals surface area contributed by atoms with E-state index in [-0.39, 0.29) is 11.3 Å². The van der Waals surface area contributed by atoms with Crippen LogP contribution in [0.1, 0.15) is 22.8 Å². The Labute approximate surface area is 149 Å². The van der Waals surface area contributed by atoms with Crippen molar-refractivity contribution in [3.63, 3.8) is 0 Å². The number of benzene rings is 2. The van der Waals surface area contributed by atoms with Crippen molar-refractivity contribution in [2.24, 2.45) is 0 Å². The summed E-state index contributed by atoms with van der Waals surface area (Å²) in [4.78, 5) is 12.4. The maximum atomic E-state index is 12.9. The number of anilines is 1. The summed E-state index contributed by atoms with van der Waals surface area (Å²) in [7, 11) is 0. The van der Waals surface area contributed by atoms with Crippen LogP contribution in [0.3, 0.4) is 0 Å². The third kappa shape index (κ3) is 4.21. The van der Waals surface area contributed by atoms with Crippen LogP contribution in [0, 0.1) is 0 Å². The van der Waals surface area contributed by atoms with Gasteiger partial charge in [0, 0.05) is 10.2 Å². The second-order valence-corrected chi connectivity index (χ2v) is 5.95. The molecule has 2 aromatic carbocycles. The average molecular weight is 423 g/mol. The first-order valence-electron chi connectivity index (χ1n) is 6.83. The summed E-state index contributed by atoms with van der Waals surface area (Å²) in [5.74, 6) is -0.268. The molecule has 8 heteroatoms. The molecule has 1 amide bonds. The Hall–Kier alpha value is -1.73. The minimum Gasteiger partial charge on any atom is -0.493 e. The van der Waals surface area contributed by atoms with Crippen molar-refractivity contribution in [3.8, 4) is 5.75 Å². The van der Waals surface area contributed by atoms with Gasteiger partial charge in [-0.15, -0.1) is 0 Å². The van der Waals surface area contributed by atoms with Crippen LogP contribution in [0.4, 0.5) is 18.9 Å². The van der Waals surface area contributed by atoms with Crippen LogP contribution in [0.2, 0.25) is 5.02 Å². The number of nitrogens with one attached hydrogen (secondary N) is 1. The fourth-order valence-electron chi connectivity index (χ4n) is 2.01. The highest BCUT2D eigenvalue weighted by Gasteiger charge is 2.33. The molecule has 0 aliphatic heterocycles. The van der Waals surface area contributed by atoms with Crippen LogP contribution in [-0.2, 0) is 6.18 Å². The summed E-state index contributed by atoms with van der Waals surface area (Å²) in [5, 5.41) is 2.00. The molecule has 0 aromatic heterocycles. The molecule has 0 unspecified atom stereocenters. The van der Waals surface area contributed by atoms with Gasteiger partial charge in [0.1, 0.15) is 5.75 Å². The van der Waals surface area contributed by atoms with Crippen molar-refractivity contribution < 1.29 is 22.7 Å². The number of halogens is 5. The van der Waals surface area contributed by atoms with Crippen LogP contribution < -0.4 is 10.1 Å². The van der Waals surface area contributed by atoms with Crippen molar-refractivity contribution in [2.75, 3.05) is 11.9 Å². The maximum Gasteiger partial charge on any atom is 0.417 e. The Kier molecular flexibility index (Phi) is 5.77. The largest absolute Gasteiger partial charge is 0.493 e. The van der Waals surface area contributed by atoms with Gasteiger partial charge >= 0.3 is 6.18 Å². The first-order valence-corrected chi connectivity index (χ1v) is 8.00. The van der Waals surface area contributed by atoms with Crippen LogP contribution in [0.5, 0.6) is 5.75 Å². The fourth-order valence-corrected chi connectivity index (χ4v) is 2.77. The number of hydrogen-bond acceptors (Lipinski definition) is 2. The number of hydrogen-bond donors (Lipinski definition) is 1. The first-order chi connectivity index (χ1) is 11.2. The number of rotatable bonds is 4. The Morgan fingerprint density at radius 2 is 2.00 bits per heavy atom. The van der Waals surface area contributed by atoms with E-state index in [1.165, 1.54) is 6.07 Å². The molecule has 2 rings (SSSR count). The Morgan fingerprint density at radius 3 is 2.62 bits per heavy atom. The van der Waals surface area contributed by atoms with Gasteiger partial charge in [0.05, 0.1) is 22.8 Å². The van der Waals surface area contributed by atoms with Gasteiger partial charge in [-0.2, -0.15) is 13.2 Å². The van der Waals surface area contributed by atoms with Crippen LogP contribution in [-0.4, -0.2) is 12.5 Å². The van der Waals surface area contributed by atoms with Crippen molar-refractivity contribution in [1.29, 1.82) is 0 Å². The van der Waals surface area contributed by atoms with Gasteiger partial charge in [-0.25, -0.2) is 0 Å². The van der Waals surface area contributed by atoms with E-state index in [1.807, 2.05) is 0 Å². The van der Waals surface area contributed by atoms with E-state index in [0.717, 1.165) is 12.1 Å². The van der Waals surface area contributed by atoms with Gasteiger partial charge in [0.15, 0.2) is 0 Å². The molecule has 0 saturated carbocycles. The van der Waals surface area contributed by atoms with E-state index < -0.39 is 22.7 Å². The Bertz CT molecular complexity index is 765. The summed E-state index contributed by atoms with van der Waals surface area (Å²) in [6.45, 7) is 2.10. The molecule has 24 heavy (non-hydrogen) atoms. The fraction of sp³-hybridized carbons (Fsp3) is 0.188. The molecular formula is C16H12BrClF3NO2. The Morgan fingerprint density at radius 1 is 1.29 bits per heavy atom. The van der Waals surface area contributed by atoms with E-state index in [9.17, 15) is 18.0 Å². The third-order valence-corrected chi connectivity index (χ3v) is 4.02. The van der Waals surface area contributed by atoms with E-state index in [4.69, 9.17) is 16.3 Å². The predicted molar refractivity (Wildman–Crippen MR) is 89.7 cm³/mol. The van der Waals surface area contributed by atoms with Gasteiger partial charge < -0.3 is 10.1 Å². The molecule has 0 atom stereocenters. The molecule has 3 nitrogen and oxygen atoms in total. The molecule has 1 N–H and O–H groups in total. The van der Waals surface area contributed by atoms with Gasteiger partial charge in [-0.05, 0) is 53.2 Å². The van der Waals surface area contributed by atoms with Crippen molar-refractivity contribution in [2.45, 2.75) is 13.1 Å². The topological polar surface area (TPSA) is 38.3 Å². The third-order valence-electron chi connectivity index (χ3n) is 3.03. The predicted octanol–water partition coefficient (Wildman–Crippen LogP) is 5.77. The summed E-state index contributed by atoms with van der Waals surface area (Å²) in [5.41, 5.74) is -0.836. The number of amides is 1. The molecule has 0 radical (unpaired) electrons. The minimum absolute atomic E-state index is 0.0186. The number of alkyl halides is 3. The first kappa shape index (κ1) is 18.6. The molecule has 128 valence electrons. The zero-order valence-electron chi connectivity index (χ0n) is 12.4. The normalized spacial score (nSPS) is 11.2. The van der Waals surface area contributed by atoms with Gasteiger partial charge in [-0.1, -0.05) is 17.7 Å². The molecule has 0 aliphatic carbocycles. The molecule has 0 heterocycles. The van der Waals surface area contributed by atoms with Crippen molar-refractivity contribution >= 4 is 39.1 Å². The number of carbonyl (C=O) groups excluding carboxylic acids is 1. The maximum absolute atomic E-state index is 12.9. The summed E-state index contributed by atoms with van der Waals surface area (Å²) < 4.78 is 44.5. The molecule has 0 saturated heterocycles. The summed E-state index contributed by atoms with van der Waals surface area (Å²) in [6, 6.07) is 8.11. The van der Waals surface area contributed by atoms with E-state index >= 15 is 0 Å². The lowest BCUT2D eigenvalue weighted by Crippen LogP contribution is -2.15. The zero-order chi connectivity index (χ0) is 17.9. The van der Waals surface area contributed by atoms with E-state index in [1.54, 1.807) is 25.1 Å². The van der Waals surface area contributed by atoms with E-state index in [0.29, 0.717) is 16.8 Å². The standard InChI is InChI=1S/C16H12BrClF3NO2/c1-2-24-13-5-3-4-11(17)14(13)15(23)22-9-6-7-12(18)10(8-9)16(19,20)21/h3-8H,2H2,1H3,(H,22,23). The van der Waals surface area contributed by atoms with Gasteiger partial charge in [-0.3, -0.25) is 4.79 Å². The Balaban J connectivity index is 2.35. The molecule has 0 fully saturated rings. The lowest BCUT2D eigenvalue weighted by molar-refractivity contribution is -0.137. The lowest BCUT2D eigenvalue weighted by Gasteiger charge is -2.14. The molecule has 0 spiro atoms. The second kappa shape index (κ2) is 7.44. The van der Waals surface area contributed by atoms with Crippen LogP contribution in [0.25, 0.3) is 0 Å². The molecule has 0 bridgehead atoms. The van der Waals surface area contributed by atoms with Crippen LogP contribution >= 0.6 is 27.5 Å². The van der Waals surface area contributed by atoms with Crippen LogP contribution in [0.15, 0.2) is 40.9 Å². The molecular weight excluding hydrogens is 411 g/mol. The van der Waals surface area contributed by atoms with E-state index in [2.05, 4.69) is 21.2 Å².